The fourth-order valence-corrected chi connectivity index (χ4v) is 3.66. The van der Waals surface area contributed by atoms with Crippen molar-refractivity contribution < 1.29 is 32.6 Å². The molecule has 0 radical (unpaired) electrons. The van der Waals surface area contributed by atoms with Crippen molar-refractivity contribution in [3.8, 4) is 11.5 Å². The van der Waals surface area contributed by atoms with Crippen LogP contribution >= 0.6 is 8.86 Å². The number of hydrogen-bond donors (Lipinski definition) is 2. The van der Waals surface area contributed by atoms with Gasteiger partial charge < -0.3 is 14.6 Å². The van der Waals surface area contributed by atoms with Crippen LogP contribution in [-0.4, -0.2) is 51.3 Å². The summed E-state index contributed by atoms with van der Waals surface area (Å²) in [5, 5.41) is 9.70. The Bertz CT molecular complexity index is 1190. The average molecular weight is 507 g/mol. The number of carboxylic acid groups (broad SMARTS) is 1. The Kier molecular flexibility index (Phi) is 11.1. The predicted octanol–water partition coefficient (Wildman–Crippen LogP) is 3.52. The lowest BCUT2D eigenvalue weighted by atomic mass is 10.0. The van der Waals surface area contributed by atoms with Gasteiger partial charge in [-0.15, -0.1) is 8.86 Å². The normalized spacial score (nSPS) is 11.6. The molecule has 34 heavy (non-hydrogen) atoms. The van der Waals surface area contributed by atoms with Crippen molar-refractivity contribution in [3.05, 3.63) is 53.6 Å². The molecule has 0 heterocycles. The smallest absolute Gasteiger partial charge is 0.336 e. The quantitative estimate of drug-likeness (QED) is 0.184. The van der Waals surface area contributed by atoms with Gasteiger partial charge in [-0.3, -0.25) is 9.79 Å². The predicted molar refractivity (Wildman–Crippen MR) is 136 cm³/mol. The van der Waals surface area contributed by atoms with E-state index in [4.69, 9.17) is 9.47 Å². The Morgan fingerprint density at radius 3 is 2.24 bits per heavy atom. The number of amides is 1. The Hall–Kier alpha value is -3.49. The van der Waals surface area contributed by atoms with Gasteiger partial charge >= 0.3 is 5.97 Å². The van der Waals surface area contributed by atoms with Crippen LogP contribution in [0.5, 0.6) is 11.5 Å². The van der Waals surface area contributed by atoms with Crippen molar-refractivity contribution in [2.45, 2.75) is 25.7 Å². The average Bonchev–Trinajstić information content (AvgIpc) is 2.79. The molecule has 0 spiro atoms. The lowest BCUT2D eigenvalue weighted by Crippen LogP contribution is -2.28. The molecule has 2 N–H and O–H groups in total. The third-order valence-corrected chi connectivity index (χ3v) is 5.58. The fourth-order valence-electron chi connectivity index (χ4n) is 2.67. The van der Waals surface area contributed by atoms with Crippen LogP contribution in [0.15, 0.2) is 52.4 Å². The molecule has 0 bridgehead atoms. The van der Waals surface area contributed by atoms with E-state index in [-0.39, 0.29) is 16.0 Å². The monoisotopic (exact) mass is 506 g/mol. The highest BCUT2D eigenvalue weighted by Gasteiger charge is 2.17. The molecule has 0 unspecified atom stereocenters. The first-order chi connectivity index (χ1) is 16.1. The number of carbonyl (C=O) groups excluding carboxylic acids is 1. The minimum atomic E-state index is -4.02. The van der Waals surface area contributed by atoms with Crippen molar-refractivity contribution in [2.75, 3.05) is 13.7 Å². The highest BCUT2D eigenvalue weighted by atomic mass is 32.2. The molecule has 0 saturated heterocycles. The number of aliphatic imine (C=N–C) groups is 1. The highest BCUT2D eigenvalue weighted by Crippen LogP contribution is 2.31. The number of nitrogens with zero attached hydrogens (tertiary/aromatic N) is 1. The van der Waals surface area contributed by atoms with E-state index >= 15 is 0 Å². The molecule has 182 valence electrons. The van der Waals surface area contributed by atoms with Crippen molar-refractivity contribution >= 4 is 54.6 Å². The number of sulfonamides is 1. The summed E-state index contributed by atoms with van der Waals surface area (Å²) < 4.78 is 37.2. The molecule has 2 aromatic carbocycles. The van der Waals surface area contributed by atoms with E-state index in [9.17, 15) is 23.1 Å². The van der Waals surface area contributed by atoms with Gasteiger partial charge in [-0.05, 0) is 48.4 Å². The summed E-state index contributed by atoms with van der Waals surface area (Å²) >= 11 is 0. The standard InChI is InChI=1S/C22H24N2O7S.CH3P/c1-5-30-21-13-16(6-11-20(21)31-15(3)23-4)12-19(22(26)27)17-7-9-18(10-8-17)32(28,29)24-14(2)25;1-2/h6-13H,5H2,1-4H3,(H,24,25)(H,26,27);2H,1H2/b19-12+,23-15?;. The number of hydrogen-bond acceptors (Lipinski definition) is 7. The summed E-state index contributed by atoms with van der Waals surface area (Å²) in [6.45, 7) is 4.97. The molecule has 0 aliphatic heterocycles. The first kappa shape index (κ1) is 28.5. The first-order valence-corrected chi connectivity index (χ1v) is 12.1. The summed E-state index contributed by atoms with van der Waals surface area (Å²) in [6.07, 6.45) is 4.49. The minimum absolute atomic E-state index is 0.0594. The summed E-state index contributed by atoms with van der Waals surface area (Å²) in [5.41, 5.74) is 0.765. The Morgan fingerprint density at radius 2 is 1.74 bits per heavy atom. The van der Waals surface area contributed by atoms with Crippen LogP contribution in [0.2, 0.25) is 0 Å². The zero-order chi connectivity index (χ0) is 25.9. The molecule has 0 aliphatic rings. The Labute approximate surface area is 201 Å². The molecular formula is C23H27N2O7PS. The van der Waals surface area contributed by atoms with Crippen LogP contribution in [0.3, 0.4) is 0 Å². The molecular weight excluding hydrogens is 479 g/mol. The molecule has 9 nitrogen and oxygen atoms in total. The maximum Gasteiger partial charge on any atom is 0.336 e. The Balaban J connectivity index is 0.00000281. The molecule has 11 heteroatoms. The molecule has 2 aromatic rings. The van der Waals surface area contributed by atoms with E-state index in [1.54, 1.807) is 32.2 Å². The summed E-state index contributed by atoms with van der Waals surface area (Å²) in [6, 6.07) is 10.1. The van der Waals surface area contributed by atoms with E-state index in [1.807, 2.05) is 11.6 Å². The second-order valence-corrected chi connectivity index (χ2v) is 8.22. The number of nitrogens with one attached hydrogen (secondary N) is 1. The lowest BCUT2D eigenvalue weighted by molar-refractivity contribution is -0.130. The van der Waals surface area contributed by atoms with E-state index < -0.39 is 21.9 Å². The number of carboxylic acids is 1. The molecule has 0 saturated carbocycles. The summed E-state index contributed by atoms with van der Waals surface area (Å²) in [4.78, 5) is 26.7. The Morgan fingerprint density at radius 1 is 1.12 bits per heavy atom. The largest absolute Gasteiger partial charge is 0.490 e. The van der Waals surface area contributed by atoms with Gasteiger partial charge in [0.2, 0.25) is 5.91 Å². The van der Waals surface area contributed by atoms with Crippen molar-refractivity contribution in [3.63, 3.8) is 0 Å². The highest BCUT2D eigenvalue weighted by molar-refractivity contribution is 7.90. The lowest BCUT2D eigenvalue weighted by Gasteiger charge is -2.12. The SMILES string of the molecule is C=P.CCOc1cc(/C=C(/C(=O)O)c2ccc(S(=O)(=O)NC(C)=O)cc2)ccc1OC(C)=NC. The second kappa shape index (κ2) is 13.3. The van der Waals surface area contributed by atoms with Gasteiger partial charge in [-0.25, -0.2) is 17.9 Å². The number of benzene rings is 2. The zero-order valence-corrected chi connectivity index (χ0v) is 21.1. The van der Waals surface area contributed by atoms with Crippen molar-refractivity contribution in [1.82, 2.24) is 4.72 Å². The number of rotatable bonds is 8. The molecule has 0 atom stereocenters. The van der Waals surface area contributed by atoms with Crippen LogP contribution in [0.4, 0.5) is 0 Å². The molecule has 1 amide bonds. The molecule has 0 aliphatic carbocycles. The number of ether oxygens (including phenoxy) is 2. The van der Waals surface area contributed by atoms with Gasteiger partial charge in [-0.2, -0.15) is 0 Å². The molecule has 0 aromatic heterocycles. The molecule has 2 rings (SSSR count). The van der Waals surface area contributed by atoms with E-state index in [2.05, 4.69) is 20.2 Å². The first-order valence-electron chi connectivity index (χ1n) is 9.89. The summed E-state index contributed by atoms with van der Waals surface area (Å²) in [7, 11) is 0.301. The van der Waals surface area contributed by atoms with Gasteiger partial charge in [0.15, 0.2) is 17.4 Å². The van der Waals surface area contributed by atoms with Gasteiger partial charge in [0.1, 0.15) is 0 Å². The third-order valence-electron chi connectivity index (χ3n) is 4.14. The second-order valence-electron chi connectivity index (χ2n) is 6.53. The topological polar surface area (TPSA) is 131 Å². The van der Waals surface area contributed by atoms with Gasteiger partial charge in [-0.1, -0.05) is 24.5 Å². The van der Waals surface area contributed by atoms with Gasteiger partial charge in [0, 0.05) is 20.9 Å². The van der Waals surface area contributed by atoms with Crippen LogP contribution in [-0.2, 0) is 19.6 Å². The van der Waals surface area contributed by atoms with E-state index in [1.165, 1.54) is 30.3 Å². The summed E-state index contributed by atoms with van der Waals surface area (Å²) in [5.74, 6) is -0.620. The zero-order valence-electron chi connectivity index (χ0n) is 19.3. The van der Waals surface area contributed by atoms with Gasteiger partial charge in [0.05, 0.1) is 17.1 Å². The minimum Gasteiger partial charge on any atom is -0.490 e. The van der Waals surface area contributed by atoms with Gasteiger partial charge in [0.25, 0.3) is 10.0 Å². The van der Waals surface area contributed by atoms with Crippen LogP contribution < -0.4 is 14.2 Å². The van der Waals surface area contributed by atoms with E-state index in [0.29, 0.717) is 29.6 Å². The van der Waals surface area contributed by atoms with Crippen LogP contribution in [0.25, 0.3) is 11.6 Å². The molecule has 0 fully saturated rings. The fraction of sp³-hybridized carbons (Fsp3) is 0.217. The van der Waals surface area contributed by atoms with Crippen LogP contribution in [0, 0.1) is 0 Å². The van der Waals surface area contributed by atoms with Crippen molar-refractivity contribution in [2.24, 2.45) is 4.99 Å². The maximum absolute atomic E-state index is 12.1. The number of aliphatic carboxylic acids is 1. The van der Waals surface area contributed by atoms with Crippen LogP contribution in [0.1, 0.15) is 31.9 Å². The third kappa shape index (κ3) is 8.13. The maximum atomic E-state index is 12.1. The number of carbonyl (C=O) groups is 2. The van der Waals surface area contributed by atoms with E-state index in [0.717, 1.165) is 6.92 Å². The van der Waals surface area contributed by atoms with Crippen molar-refractivity contribution in [1.29, 1.82) is 0 Å².